The van der Waals surface area contributed by atoms with Crippen LogP contribution < -0.4 is 5.32 Å². The highest BCUT2D eigenvalue weighted by Crippen LogP contribution is 2.23. The Hall–Kier alpha value is -2.18. The summed E-state index contributed by atoms with van der Waals surface area (Å²) in [4.78, 5) is 15.6. The summed E-state index contributed by atoms with van der Waals surface area (Å²) in [7, 11) is -3.21. The van der Waals surface area contributed by atoms with Crippen molar-refractivity contribution in [1.29, 1.82) is 0 Å². The van der Waals surface area contributed by atoms with Gasteiger partial charge >= 0.3 is 0 Å². The van der Waals surface area contributed by atoms with Gasteiger partial charge in [-0.05, 0) is 62.5 Å². The second kappa shape index (κ2) is 9.75. The van der Waals surface area contributed by atoms with Gasteiger partial charge in [0.25, 0.3) is 0 Å². The first-order valence-electron chi connectivity index (χ1n) is 10.6. The van der Waals surface area contributed by atoms with Gasteiger partial charge in [0.15, 0.2) is 9.84 Å². The zero-order valence-electron chi connectivity index (χ0n) is 18.1. The molecule has 30 heavy (non-hydrogen) atoms. The SMILES string of the molecule is CC[C@H](NC(=O)C1CCN(Cc2cccc(C)c2)CC1)c1ccc(S(C)(=O)=O)cc1. The Kier molecular flexibility index (Phi) is 7.32. The molecule has 2 aromatic carbocycles. The molecule has 0 aliphatic carbocycles. The number of sulfone groups is 1. The highest BCUT2D eigenvalue weighted by molar-refractivity contribution is 7.90. The third kappa shape index (κ3) is 5.92. The maximum absolute atomic E-state index is 12.9. The number of rotatable bonds is 7. The summed E-state index contributed by atoms with van der Waals surface area (Å²) < 4.78 is 23.3. The van der Waals surface area contributed by atoms with Crippen LogP contribution in [0.2, 0.25) is 0 Å². The molecule has 0 unspecified atom stereocenters. The molecule has 1 aliphatic rings. The van der Waals surface area contributed by atoms with E-state index in [1.807, 2.05) is 6.92 Å². The highest BCUT2D eigenvalue weighted by atomic mass is 32.2. The lowest BCUT2D eigenvalue weighted by Crippen LogP contribution is -2.41. The molecule has 3 rings (SSSR count). The predicted octanol–water partition coefficient (Wildman–Crippen LogP) is 3.88. The van der Waals surface area contributed by atoms with E-state index in [2.05, 4.69) is 41.4 Å². The minimum Gasteiger partial charge on any atom is -0.349 e. The second-order valence-corrected chi connectivity index (χ2v) is 10.4. The number of aryl methyl sites for hydroxylation is 1. The Balaban J connectivity index is 1.54. The molecular formula is C24H32N2O3S. The Bertz CT molecular complexity index is 962. The van der Waals surface area contributed by atoms with E-state index in [9.17, 15) is 13.2 Å². The van der Waals surface area contributed by atoms with E-state index in [4.69, 9.17) is 0 Å². The number of nitrogens with one attached hydrogen (secondary N) is 1. The number of carbonyl (C=O) groups is 1. The largest absolute Gasteiger partial charge is 0.349 e. The minimum absolute atomic E-state index is 0.0307. The summed E-state index contributed by atoms with van der Waals surface area (Å²) in [5, 5.41) is 3.18. The van der Waals surface area contributed by atoms with Crippen molar-refractivity contribution in [3.8, 4) is 0 Å². The summed E-state index contributed by atoms with van der Waals surface area (Å²) in [5.74, 6) is 0.132. The molecule has 162 valence electrons. The lowest BCUT2D eigenvalue weighted by Gasteiger charge is -2.32. The number of carbonyl (C=O) groups excluding carboxylic acids is 1. The van der Waals surface area contributed by atoms with Crippen molar-refractivity contribution in [3.05, 3.63) is 65.2 Å². The fourth-order valence-corrected chi connectivity index (χ4v) is 4.71. The van der Waals surface area contributed by atoms with Crippen LogP contribution in [0, 0.1) is 12.8 Å². The zero-order chi connectivity index (χ0) is 21.7. The van der Waals surface area contributed by atoms with Gasteiger partial charge in [0.05, 0.1) is 10.9 Å². The van der Waals surface area contributed by atoms with Crippen molar-refractivity contribution < 1.29 is 13.2 Å². The standard InChI is InChI=1S/C24H32N2O3S/c1-4-23(20-8-10-22(11-9-20)30(3,28)29)25-24(27)21-12-14-26(15-13-21)17-19-7-5-6-18(2)16-19/h5-11,16,21,23H,4,12-15,17H2,1-3H3,(H,25,27)/t23-/m0/s1. The van der Waals surface area contributed by atoms with Crippen molar-refractivity contribution in [2.75, 3.05) is 19.3 Å². The van der Waals surface area contributed by atoms with Crippen LogP contribution >= 0.6 is 0 Å². The van der Waals surface area contributed by atoms with Crippen molar-refractivity contribution in [3.63, 3.8) is 0 Å². The van der Waals surface area contributed by atoms with Crippen LogP contribution in [0.1, 0.15) is 48.9 Å². The summed E-state index contributed by atoms with van der Waals surface area (Å²) in [6.07, 6.45) is 3.69. The Morgan fingerprint density at radius 1 is 1.13 bits per heavy atom. The molecule has 0 radical (unpaired) electrons. The molecule has 1 aliphatic heterocycles. The first-order chi connectivity index (χ1) is 14.3. The van der Waals surface area contributed by atoms with E-state index in [1.165, 1.54) is 17.4 Å². The molecule has 1 heterocycles. The third-order valence-corrected chi connectivity index (χ3v) is 7.01. The van der Waals surface area contributed by atoms with Crippen LogP contribution in [0.3, 0.4) is 0 Å². The van der Waals surface area contributed by atoms with Crippen LogP contribution in [0.4, 0.5) is 0 Å². The molecule has 0 aromatic heterocycles. The van der Waals surface area contributed by atoms with E-state index in [0.717, 1.165) is 44.5 Å². The molecule has 1 saturated heterocycles. The number of benzene rings is 2. The average Bonchev–Trinajstić information content (AvgIpc) is 2.72. The Labute approximate surface area is 180 Å². The van der Waals surface area contributed by atoms with E-state index in [-0.39, 0.29) is 17.9 Å². The number of nitrogens with zero attached hydrogens (tertiary/aromatic N) is 1. The zero-order valence-corrected chi connectivity index (χ0v) is 18.9. The van der Waals surface area contributed by atoms with Gasteiger partial charge in [-0.25, -0.2) is 8.42 Å². The fraction of sp³-hybridized carbons (Fsp3) is 0.458. The minimum atomic E-state index is -3.21. The van der Waals surface area contributed by atoms with Crippen LogP contribution in [0.5, 0.6) is 0 Å². The van der Waals surface area contributed by atoms with Gasteiger partial charge < -0.3 is 5.32 Å². The molecule has 5 nitrogen and oxygen atoms in total. The Morgan fingerprint density at radius 2 is 1.80 bits per heavy atom. The smallest absolute Gasteiger partial charge is 0.223 e. The van der Waals surface area contributed by atoms with E-state index in [0.29, 0.717) is 4.90 Å². The normalized spacial score (nSPS) is 16.9. The first kappa shape index (κ1) is 22.5. The fourth-order valence-electron chi connectivity index (χ4n) is 4.08. The quantitative estimate of drug-likeness (QED) is 0.727. The predicted molar refractivity (Wildman–Crippen MR) is 120 cm³/mol. The molecule has 0 spiro atoms. The Morgan fingerprint density at radius 3 is 2.37 bits per heavy atom. The molecule has 1 N–H and O–H groups in total. The lowest BCUT2D eigenvalue weighted by atomic mass is 9.94. The number of hydrogen-bond donors (Lipinski definition) is 1. The van der Waals surface area contributed by atoms with Crippen molar-refractivity contribution in [2.45, 2.75) is 50.6 Å². The van der Waals surface area contributed by atoms with Crippen molar-refractivity contribution in [2.24, 2.45) is 5.92 Å². The van der Waals surface area contributed by atoms with E-state index >= 15 is 0 Å². The molecule has 0 bridgehead atoms. The maximum Gasteiger partial charge on any atom is 0.223 e. The molecule has 1 atom stereocenters. The number of piperidine rings is 1. The molecule has 6 heteroatoms. The van der Waals surface area contributed by atoms with Gasteiger partial charge in [-0.15, -0.1) is 0 Å². The topological polar surface area (TPSA) is 66.5 Å². The molecule has 2 aromatic rings. The van der Waals surface area contributed by atoms with E-state index in [1.54, 1.807) is 24.3 Å². The summed E-state index contributed by atoms with van der Waals surface area (Å²) in [6.45, 7) is 6.91. The van der Waals surface area contributed by atoms with Crippen LogP contribution in [-0.4, -0.2) is 38.6 Å². The van der Waals surface area contributed by atoms with Gasteiger partial charge in [-0.1, -0.05) is 48.9 Å². The number of hydrogen-bond acceptors (Lipinski definition) is 4. The first-order valence-corrected chi connectivity index (χ1v) is 12.5. The molecule has 1 fully saturated rings. The summed E-state index contributed by atoms with van der Waals surface area (Å²) in [6, 6.07) is 15.3. The van der Waals surface area contributed by atoms with Crippen molar-refractivity contribution in [1.82, 2.24) is 10.2 Å². The summed E-state index contributed by atoms with van der Waals surface area (Å²) >= 11 is 0. The van der Waals surface area contributed by atoms with Gasteiger partial charge in [-0.3, -0.25) is 9.69 Å². The van der Waals surface area contributed by atoms with Crippen LogP contribution in [0.15, 0.2) is 53.4 Å². The number of likely N-dealkylation sites (tertiary alicyclic amines) is 1. The molecule has 1 amide bonds. The lowest BCUT2D eigenvalue weighted by molar-refractivity contribution is -0.127. The average molecular weight is 429 g/mol. The van der Waals surface area contributed by atoms with Crippen molar-refractivity contribution >= 4 is 15.7 Å². The third-order valence-electron chi connectivity index (χ3n) is 5.88. The van der Waals surface area contributed by atoms with Gasteiger partial charge in [0.1, 0.15) is 0 Å². The molecule has 0 saturated carbocycles. The highest BCUT2D eigenvalue weighted by Gasteiger charge is 2.26. The monoisotopic (exact) mass is 428 g/mol. The van der Waals surface area contributed by atoms with E-state index < -0.39 is 9.84 Å². The number of amides is 1. The molecular weight excluding hydrogens is 396 g/mol. The summed E-state index contributed by atoms with van der Waals surface area (Å²) in [5.41, 5.74) is 3.54. The van der Waals surface area contributed by atoms with Crippen LogP contribution in [-0.2, 0) is 21.2 Å². The van der Waals surface area contributed by atoms with Gasteiger partial charge in [0, 0.05) is 18.7 Å². The van der Waals surface area contributed by atoms with Gasteiger partial charge in [0.2, 0.25) is 5.91 Å². The van der Waals surface area contributed by atoms with Crippen LogP contribution in [0.25, 0.3) is 0 Å². The van der Waals surface area contributed by atoms with Gasteiger partial charge in [-0.2, -0.15) is 0 Å². The second-order valence-electron chi connectivity index (χ2n) is 8.35. The maximum atomic E-state index is 12.9.